The van der Waals surface area contributed by atoms with Gasteiger partial charge in [0.1, 0.15) is 11.2 Å². The first kappa shape index (κ1) is 26.3. The topological polar surface area (TPSA) is 84.2 Å². The SMILES string of the molecule is Cn1ccc2ccccc21.Cn1ccc2cccnc21.Cn1ncc2ccccc21.Cn1nnc2cccnc21. The third-order valence-electron chi connectivity index (χ3n) is 6.44. The highest BCUT2D eigenvalue weighted by molar-refractivity contribution is 5.80. The van der Waals surface area contributed by atoms with Gasteiger partial charge in [-0.1, -0.05) is 41.6 Å². The molecule has 9 heteroatoms. The van der Waals surface area contributed by atoms with Crippen molar-refractivity contribution in [2.45, 2.75) is 0 Å². The molecular formula is C31H31N9. The first-order valence-electron chi connectivity index (χ1n) is 12.8. The Morgan fingerprint density at radius 1 is 0.525 bits per heavy atom. The van der Waals surface area contributed by atoms with E-state index >= 15 is 0 Å². The third kappa shape index (κ3) is 5.88. The van der Waals surface area contributed by atoms with Crippen molar-refractivity contribution in [3.63, 3.8) is 0 Å². The maximum Gasteiger partial charge on any atom is 0.178 e. The molecule has 0 saturated carbocycles. The second kappa shape index (κ2) is 12.0. The fourth-order valence-electron chi connectivity index (χ4n) is 4.29. The average Bonchev–Trinajstić information content (AvgIpc) is 3.78. The molecule has 6 aromatic heterocycles. The van der Waals surface area contributed by atoms with E-state index in [4.69, 9.17) is 0 Å². The molecule has 9 nitrogen and oxygen atoms in total. The predicted octanol–water partition coefficient (Wildman–Crippen LogP) is 5.69. The number of nitrogens with zero attached hydrogens (tertiary/aromatic N) is 9. The van der Waals surface area contributed by atoms with E-state index in [9.17, 15) is 0 Å². The molecule has 0 spiro atoms. The van der Waals surface area contributed by atoms with Crippen molar-refractivity contribution in [3.05, 3.63) is 116 Å². The lowest BCUT2D eigenvalue weighted by atomic mass is 10.2. The van der Waals surface area contributed by atoms with E-state index in [1.54, 1.807) is 10.9 Å². The number of hydrogen-bond donors (Lipinski definition) is 0. The highest BCUT2D eigenvalue weighted by Crippen LogP contribution is 2.13. The summed E-state index contributed by atoms with van der Waals surface area (Å²) in [6.45, 7) is 0. The van der Waals surface area contributed by atoms with Crippen LogP contribution in [0.3, 0.4) is 0 Å². The zero-order chi connectivity index (χ0) is 27.9. The van der Waals surface area contributed by atoms with Gasteiger partial charge in [0, 0.05) is 69.3 Å². The predicted molar refractivity (Wildman–Crippen MR) is 161 cm³/mol. The third-order valence-corrected chi connectivity index (χ3v) is 6.44. The number of fused-ring (bicyclic) bond motifs is 4. The van der Waals surface area contributed by atoms with Crippen molar-refractivity contribution >= 4 is 44.0 Å². The number of hydrogen-bond acceptors (Lipinski definition) is 5. The van der Waals surface area contributed by atoms with E-state index in [1.165, 1.54) is 27.2 Å². The Morgan fingerprint density at radius 2 is 1.15 bits per heavy atom. The Bertz CT molecular complexity index is 1690. The lowest BCUT2D eigenvalue weighted by molar-refractivity contribution is 0.730. The van der Waals surface area contributed by atoms with Gasteiger partial charge in [-0.05, 0) is 53.9 Å². The second-order valence-electron chi connectivity index (χ2n) is 9.21. The Morgan fingerprint density at radius 3 is 1.88 bits per heavy atom. The first-order chi connectivity index (χ1) is 19.5. The van der Waals surface area contributed by atoms with Crippen LogP contribution in [0.15, 0.2) is 116 Å². The summed E-state index contributed by atoms with van der Waals surface area (Å²) in [4.78, 5) is 8.28. The monoisotopic (exact) mass is 529 g/mol. The average molecular weight is 530 g/mol. The van der Waals surface area contributed by atoms with E-state index in [0.29, 0.717) is 0 Å². The molecular weight excluding hydrogens is 498 g/mol. The molecule has 0 N–H and O–H groups in total. The van der Waals surface area contributed by atoms with E-state index < -0.39 is 0 Å². The van der Waals surface area contributed by atoms with Crippen LogP contribution in [0.2, 0.25) is 0 Å². The second-order valence-corrected chi connectivity index (χ2v) is 9.21. The van der Waals surface area contributed by atoms with Crippen LogP contribution >= 0.6 is 0 Å². The number of para-hydroxylation sites is 2. The van der Waals surface area contributed by atoms with Gasteiger partial charge >= 0.3 is 0 Å². The summed E-state index contributed by atoms with van der Waals surface area (Å²) in [5.74, 6) is 0. The van der Waals surface area contributed by atoms with Gasteiger partial charge in [0.05, 0.1) is 11.7 Å². The van der Waals surface area contributed by atoms with Gasteiger partial charge in [-0.15, -0.1) is 5.10 Å². The molecule has 0 radical (unpaired) electrons. The van der Waals surface area contributed by atoms with Crippen LogP contribution in [0.1, 0.15) is 0 Å². The van der Waals surface area contributed by atoms with Crippen molar-refractivity contribution < 1.29 is 0 Å². The Kier molecular flexibility index (Phi) is 7.92. The molecule has 0 saturated heterocycles. The van der Waals surface area contributed by atoms with Gasteiger partial charge in [0.15, 0.2) is 5.65 Å². The number of aromatic nitrogens is 9. The molecule has 8 aromatic rings. The maximum atomic E-state index is 4.20. The van der Waals surface area contributed by atoms with Gasteiger partial charge in [0.25, 0.3) is 0 Å². The smallest absolute Gasteiger partial charge is 0.178 e. The van der Waals surface area contributed by atoms with Crippen molar-refractivity contribution in [1.82, 2.24) is 43.9 Å². The Balaban J connectivity index is 0.000000108. The quantitative estimate of drug-likeness (QED) is 0.252. The van der Waals surface area contributed by atoms with Crippen LogP contribution in [0.5, 0.6) is 0 Å². The molecule has 0 unspecified atom stereocenters. The van der Waals surface area contributed by atoms with Crippen molar-refractivity contribution in [2.24, 2.45) is 28.2 Å². The maximum absolute atomic E-state index is 4.20. The van der Waals surface area contributed by atoms with Crippen molar-refractivity contribution in [3.8, 4) is 0 Å². The molecule has 0 fully saturated rings. The summed E-state index contributed by atoms with van der Waals surface area (Å²) in [5, 5.41) is 15.5. The minimum atomic E-state index is 0.822. The fourth-order valence-corrected chi connectivity index (χ4v) is 4.29. The van der Waals surface area contributed by atoms with Crippen LogP contribution in [0.25, 0.3) is 44.0 Å². The van der Waals surface area contributed by atoms with E-state index in [2.05, 4.69) is 97.8 Å². The van der Waals surface area contributed by atoms with Crippen LogP contribution in [-0.2, 0) is 28.2 Å². The largest absolute Gasteiger partial charge is 0.351 e. The highest BCUT2D eigenvalue weighted by atomic mass is 15.4. The zero-order valence-corrected chi connectivity index (χ0v) is 23.0. The number of aryl methyl sites for hydroxylation is 4. The summed E-state index contributed by atoms with van der Waals surface area (Å²) in [5.41, 5.74) is 5.18. The minimum Gasteiger partial charge on any atom is -0.351 e. The Hall–Kier alpha value is -5.31. The number of rotatable bonds is 0. The molecule has 6 heterocycles. The molecule has 200 valence electrons. The minimum absolute atomic E-state index is 0.822. The van der Waals surface area contributed by atoms with Crippen LogP contribution in [-0.4, -0.2) is 43.9 Å². The first-order valence-corrected chi connectivity index (χ1v) is 12.8. The van der Waals surface area contributed by atoms with Gasteiger partial charge < -0.3 is 9.13 Å². The normalized spacial score (nSPS) is 10.5. The summed E-state index contributed by atoms with van der Waals surface area (Å²) in [6, 6.07) is 28.4. The molecule has 2 aromatic carbocycles. The van der Waals surface area contributed by atoms with Crippen LogP contribution < -0.4 is 0 Å². The molecule has 0 amide bonds. The zero-order valence-electron chi connectivity index (χ0n) is 23.0. The van der Waals surface area contributed by atoms with Gasteiger partial charge in [0.2, 0.25) is 0 Å². The van der Waals surface area contributed by atoms with E-state index in [1.807, 2.05) is 79.3 Å². The number of pyridine rings is 2. The molecule has 8 rings (SSSR count). The molecule has 0 aliphatic rings. The lowest BCUT2D eigenvalue weighted by Crippen LogP contribution is -1.90. The van der Waals surface area contributed by atoms with Gasteiger partial charge in [-0.25, -0.2) is 14.6 Å². The molecule has 0 atom stereocenters. The van der Waals surface area contributed by atoms with Crippen LogP contribution in [0.4, 0.5) is 0 Å². The van der Waals surface area contributed by atoms with Crippen molar-refractivity contribution in [1.29, 1.82) is 0 Å². The van der Waals surface area contributed by atoms with Crippen LogP contribution in [0, 0.1) is 0 Å². The van der Waals surface area contributed by atoms with Gasteiger partial charge in [-0.2, -0.15) is 5.10 Å². The summed E-state index contributed by atoms with van der Waals surface area (Å²) in [6.07, 6.45) is 9.49. The summed E-state index contributed by atoms with van der Waals surface area (Å²) in [7, 11) is 7.82. The number of benzene rings is 2. The van der Waals surface area contributed by atoms with E-state index in [0.717, 1.165) is 16.8 Å². The van der Waals surface area contributed by atoms with Crippen molar-refractivity contribution in [2.75, 3.05) is 0 Å². The molecule has 0 aliphatic heterocycles. The summed E-state index contributed by atoms with van der Waals surface area (Å²) >= 11 is 0. The summed E-state index contributed by atoms with van der Waals surface area (Å²) < 4.78 is 7.65. The van der Waals surface area contributed by atoms with E-state index in [-0.39, 0.29) is 0 Å². The fraction of sp³-hybridized carbons (Fsp3) is 0.129. The molecule has 0 aliphatic carbocycles. The highest BCUT2D eigenvalue weighted by Gasteiger charge is 1.98. The Labute approximate surface area is 231 Å². The standard InChI is InChI=1S/C9H9N.2C8H8N2.C6H6N4/c1-10-7-6-8-4-2-3-5-9(8)10;1-10-6-4-7-3-2-5-9-8(7)10;1-10-8-5-3-2-4-7(8)6-9-10;1-10-6-5(8-9-10)3-2-4-7-6/h2-7H,1H3;2*2-6H,1H3;2-4H,1H3. The molecule has 0 bridgehead atoms. The molecule has 40 heavy (non-hydrogen) atoms. The van der Waals surface area contributed by atoms with Gasteiger partial charge in [-0.3, -0.25) is 4.68 Å². The lowest BCUT2D eigenvalue weighted by Gasteiger charge is -1.92.